The van der Waals surface area contributed by atoms with Crippen LogP contribution in [0.1, 0.15) is 24.8 Å². The Bertz CT molecular complexity index is 641. The average Bonchev–Trinajstić information content (AvgIpc) is 3.18. The van der Waals surface area contributed by atoms with E-state index in [0.717, 1.165) is 35.4 Å². The molecule has 2 heterocycles. The molecule has 116 valence electrons. The Hall–Kier alpha value is -1.38. The Kier molecular flexibility index (Phi) is 5.12. The molecule has 8 heteroatoms. The van der Waals surface area contributed by atoms with Crippen LogP contribution in [0.25, 0.3) is 0 Å². The predicted molar refractivity (Wildman–Crippen MR) is 87.8 cm³/mol. The number of thioether (sulfide) groups is 1. The van der Waals surface area contributed by atoms with Crippen molar-refractivity contribution in [3.05, 3.63) is 34.6 Å². The first-order chi connectivity index (χ1) is 10.7. The Balaban J connectivity index is 1.49. The lowest BCUT2D eigenvalue weighted by Gasteiger charge is -2.04. The summed E-state index contributed by atoms with van der Waals surface area (Å²) in [4.78, 5) is 16.3. The van der Waals surface area contributed by atoms with E-state index in [1.54, 1.807) is 0 Å². The van der Waals surface area contributed by atoms with Gasteiger partial charge in [-0.1, -0.05) is 27.7 Å². The molecule has 1 atom stereocenters. The molecule has 1 saturated heterocycles. The highest BCUT2D eigenvalue weighted by molar-refractivity contribution is 9.10. The zero-order valence-electron chi connectivity index (χ0n) is 11.7. The van der Waals surface area contributed by atoms with Gasteiger partial charge in [-0.15, -0.1) is 5.10 Å². The van der Waals surface area contributed by atoms with Gasteiger partial charge in [-0.05, 0) is 37.1 Å². The molecular formula is C14H15BrN4O2S. The second-order valence-electron chi connectivity index (χ2n) is 4.85. The average molecular weight is 383 g/mol. The van der Waals surface area contributed by atoms with E-state index in [1.807, 2.05) is 24.3 Å². The largest absolute Gasteiger partial charge is 0.370 e. The van der Waals surface area contributed by atoms with Crippen molar-refractivity contribution in [2.75, 3.05) is 17.7 Å². The monoisotopic (exact) mass is 382 g/mol. The normalized spacial score (nSPS) is 17.6. The Morgan fingerprint density at radius 3 is 3.00 bits per heavy atom. The number of carbonyl (C=O) groups is 1. The van der Waals surface area contributed by atoms with Crippen molar-refractivity contribution in [3.63, 3.8) is 0 Å². The maximum absolute atomic E-state index is 11.9. The van der Waals surface area contributed by atoms with E-state index in [2.05, 4.69) is 36.4 Å². The van der Waals surface area contributed by atoms with Crippen molar-refractivity contribution < 1.29 is 9.53 Å². The number of hydrogen-bond acceptors (Lipinski definition) is 5. The first-order valence-electron chi connectivity index (χ1n) is 6.93. The molecule has 1 amide bonds. The number of ether oxygens (including phenoxy) is 1. The van der Waals surface area contributed by atoms with Gasteiger partial charge in [0.25, 0.3) is 0 Å². The number of aromatic amines is 1. The molecule has 0 aliphatic carbocycles. The quantitative estimate of drug-likeness (QED) is 0.776. The molecule has 1 aliphatic heterocycles. The maximum Gasteiger partial charge on any atom is 0.234 e. The van der Waals surface area contributed by atoms with E-state index >= 15 is 0 Å². The number of halogens is 1. The summed E-state index contributed by atoms with van der Waals surface area (Å²) in [6, 6.07) is 7.45. The lowest BCUT2D eigenvalue weighted by Crippen LogP contribution is -2.14. The number of hydrogen-bond donors (Lipinski definition) is 2. The lowest BCUT2D eigenvalue weighted by atomic mass is 10.2. The number of rotatable bonds is 5. The van der Waals surface area contributed by atoms with Crippen LogP contribution >= 0.6 is 27.7 Å². The molecule has 0 bridgehead atoms. The van der Waals surface area contributed by atoms with Crippen LogP contribution < -0.4 is 5.32 Å². The molecule has 6 nitrogen and oxygen atoms in total. The van der Waals surface area contributed by atoms with E-state index in [9.17, 15) is 4.79 Å². The fourth-order valence-electron chi connectivity index (χ4n) is 2.12. The summed E-state index contributed by atoms with van der Waals surface area (Å²) in [6.45, 7) is 0.767. The lowest BCUT2D eigenvalue weighted by molar-refractivity contribution is -0.113. The summed E-state index contributed by atoms with van der Waals surface area (Å²) in [5.41, 5.74) is 0.767. The van der Waals surface area contributed by atoms with E-state index in [-0.39, 0.29) is 17.8 Å². The minimum atomic E-state index is -0.0872. The molecule has 1 aromatic heterocycles. The summed E-state index contributed by atoms with van der Waals surface area (Å²) in [5.74, 6) is 0.919. The predicted octanol–water partition coefficient (Wildman–Crippen LogP) is 3.15. The van der Waals surface area contributed by atoms with Gasteiger partial charge in [0.05, 0.1) is 5.75 Å². The Labute approximate surface area is 140 Å². The molecule has 22 heavy (non-hydrogen) atoms. The molecule has 2 N–H and O–H groups in total. The van der Waals surface area contributed by atoms with Gasteiger partial charge < -0.3 is 10.1 Å². The van der Waals surface area contributed by atoms with Gasteiger partial charge >= 0.3 is 0 Å². The SMILES string of the molecule is O=C(CSc1n[nH]c([C@H]2CCCO2)n1)Nc1ccc(Br)cc1. The number of nitrogens with one attached hydrogen (secondary N) is 2. The molecule has 1 aliphatic rings. The minimum absolute atomic E-state index is 0.0124. The highest BCUT2D eigenvalue weighted by Crippen LogP contribution is 2.27. The molecule has 3 rings (SSSR count). The van der Waals surface area contributed by atoms with Crippen LogP contribution in [-0.2, 0) is 9.53 Å². The molecule has 2 aromatic rings. The van der Waals surface area contributed by atoms with Gasteiger partial charge in [0, 0.05) is 16.8 Å². The zero-order valence-corrected chi connectivity index (χ0v) is 14.1. The second kappa shape index (κ2) is 7.26. The number of benzene rings is 1. The zero-order chi connectivity index (χ0) is 15.4. The number of anilines is 1. The molecule has 1 fully saturated rings. The van der Waals surface area contributed by atoms with Crippen LogP contribution in [0.15, 0.2) is 33.9 Å². The van der Waals surface area contributed by atoms with Crippen LogP contribution in [0.4, 0.5) is 5.69 Å². The van der Waals surface area contributed by atoms with Gasteiger partial charge in [-0.2, -0.15) is 0 Å². The van der Waals surface area contributed by atoms with E-state index in [4.69, 9.17) is 4.74 Å². The smallest absolute Gasteiger partial charge is 0.234 e. The van der Waals surface area contributed by atoms with Crippen molar-refractivity contribution in [3.8, 4) is 0 Å². The summed E-state index contributed by atoms with van der Waals surface area (Å²) in [6.07, 6.45) is 2.02. The van der Waals surface area contributed by atoms with Crippen molar-refractivity contribution in [2.45, 2.75) is 24.1 Å². The van der Waals surface area contributed by atoms with E-state index in [1.165, 1.54) is 11.8 Å². The number of H-pyrrole nitrogens is 1. The number of nitrogens with zero attached hydrogens (tertiary/aromatic N) is 2. The van der Waals surface area contributed by atoms with Crippen LogP contribution in [0.3, 0.4) is 0 Å². The van der Waals surface area contributed by atoms with E-state index < -0.39 is 0 Å². The summed E-state index contributed by atoms with van der Waals surface area (Å²) >= 11 is 4.66. The number of carbonyl (C=O) groups excluding carboxylic acids is 1. The Morgan fingerprint density at radius 1 is 1.45 bits per heavy atom. The number of amides is 1. The third kappa shape index (κ3) is 4.08. The summed E-state index contributed by atoms with van der Waals surface area (Å²) < 4.78 is 6.51. The van der Waals surface area contributed by atoms with Crippen molar-refractivity contribution in [1.82, 2.24) is 15.2 Å². The van der Waals surface area contributed by atoms with E-state index in [0.29, 0.717) is 5.16 Å². The van der Waals surface area contributed by atoms with Gasteiger partial charge in [0.2, 0.25) is 11.1 Å². The van der Waals surface area contributed by atoms with Crippen LogP contribution in [0.5, 0.6) is 0 Å². The van der Waals surface area contributed by atoms with Crippen molar-refractivity contribution >= 4 is 39.3 Å². The summed E-state index contributed by atoms with van der Waals surface area (Å²) in [7, 11) is 0. The molecule has 0 saturated carbocycles. The van der Waals surface area contributed by atoms with Crippen LogP contribution in [0.2, 0.25) is 0 Å². The van der Waals surface area contributed by atoms with Gasteiger partial charge in [0.1, 0.15) is 6.10 Å². The standard InChI is InChI=1S/C14H15BrN4O2S/c15-9-3-5-10(6-4-9)16-12(20)8-22-14-17-13(18-19-14)11-2-1-7-21-11/h3-6,11H,1-2,7-8H2,(H,16,20)(H,17,18,19)/t11-/m1/s1. The molecular weight excluding hydrogens is 368 g/mol. The molecule has 0 unspecified atom stereocenters. The highest BCUT2D eigenvalue weighted by Gasteiger charge is 2.21. The second-order valence-corrected chi connectivity index (χ2v) is 6.71. The van der Waals surface area contributed by atoms with Crippen molar-refractivity contribution in [1.29, 1.82) is 0 Å². The van der Waals surface area contributed by atoms with Gasteiger partial charge in [-0.25, -0.2) is 4.98 Å². The van der Waals surface area contributed by atoms with Crippen LogP contribution in [0, 0.1) is 0 Å². The number of aromatic nitrogens is 3. The highest BCUT2D eigenvalue weighted by atomic mass is 79.9. The van der Waals surface area contributed by atoms with Gasteiger partial charge in [0.15, 0.2) is 5.82 Å². The molecule has 0 radical (unpaired) electrons. The minimum Gasteiger partial charge on any atom is -0.370 e. The Morgan fingerprint density at radius 2 is 2.27 bits per heavy atom. The molecule has 0 spiro atoms. The third-order valence-electron chi connectivity index (χ3n) is 3.18. The van der Waals surface area contributed by atoms with Crippen molar-refractivity contribution in [2.24, 2.45) is 0 Å². The fourth-order valence-corrected chi connectivity index (χ4v) is 2.99. The third-order valence-corrected chi connectivity index (χ3v) is 4.55. The molecule has 1 aromatic carbocycles. The fraction of sp³-hybridized carbons (Fsp3) is 0.357. The summed E-state index contributed by atoms with van der Waals surface area (Å²) in [5, 5.41) is 10.4. The topological polar surface area (TPSA) is 79.9 Å². The van der Waals surface area contributed by atoms with Gasteiger partial charge in [-0.3, -0.25) is 9.89 Å². The van der Waals surface area contributed by atoms with Crippen LogP contribution in [-0.4, -0.2) is 33.4 Å². The first kappa shape index (κ1) is 15.5. The maximum atomic E-state index is 11.9. The first-order valence-corrected chi connectivity index (χ1v) is 8.71.